The van der Waals surface area contributed by atoms with Crippen LogP contribution in [0.2, 0.25) is 0 Å². The Labute approximate surface area is 93.1 Å². The highest BCUT2D eigenvalue weighted by Crippen LogP contribution is 2.28. The molecular formula is C9H13ClN4O. The summed E-state index contributed by atoms with van der Waals surface area (Å²) in [6.45, 7) is 2.57. The summed E-state index contributed by atoms with van der Waals surface area (Å²) in [6.07, 6.45) is 1.80. The minimum atomic E-state index is -0.153. The third-order valence-electron chi connectivity index (χ3n) is 2.47. The number of carbonyl (C=O) groups excluding carboxylic acids is 1. The van der Waals surface area contributed by atoms with Gasteiger partial charge in [-0.2, -0.15) is 4.20 Å². The zero-order chi connectivity index (χ0) is 11.0. The van der Waals surface area contributed by atoms with Gasteiger partial charge in [0.25, 0.3) is 5.91 Å². The topological polar surface area (TPSA) is 50.2 Å². The summed E-state index contributed by atoms with van der Waals surface area (Å²) in [5.41, 5.74) is 2.18. The second kappa shape index (κ2) is 3.73. The molecule has 0 atom stereocenters. The van der Waals surface area contributed by atoms with Gasteiger partial charge in [-0.3, -0.25) is 4.79 Å². The Balaban J connectivity index is 2.52. The summed E-state index contributed by atoms with van der Waals surface area (Å²) in [7, 11) is 1.91. The first-order valence-electron chi connectivity index (χ1n) is 4.92. The van der Waals surface area contributed by atoms with Gasteiger partial charge < -0.3 is 10.2 Å². The fourth-order valence-electron chi connectivity index (χ4n) is 1.77. The van der Waals surface area contributed by atoms with Gasteiger partial charge in [-0.1, -0.05) is 13.3 Å². The number of nitrogens with one attached hydrogen (secondary N) is 1. The first-order chi connectivity index (χ1) is 7.15. The molecule has 1 aliphatic heterocycles. The predicted octanol–water partition coefficient (Wildman–Crippen LogP) is 0.975. The quantitative estimate of drug-likeness (QED) is 0.821. The van der Waals surface area contributed by atoms with Crippen LogP contribution in [-0.4, -0.2) is 28.9 Å². The summed E-state index contributed by atoms with van der Waals surface area (Å²) >= 11 is 5.94. The van der Waals surface area contributed by atoms with Crippen molar-refractivity contribution in [3.63, 3.8) is 0 Å². The molecule has 1 aromatic heterocycles. The molecule has 15 heavy (non-hydrogen) atoms. The molecule has 2 rings (SSSR count). The minimum absolute atomic E-state index is 0.153. The van der Waals surface area contributed by atoms with E-state index in [1.54, 1.807) is 0 Å². The molecule has 0 bridgehead atoms. The maximum atomic E-state index is 11.5. The van der Waals surface area contributed by atoms with Crippen LogP contribution in [0.15, 0.2) is 0 Å². The van der Waals surface area contributed by atoms with Crippen LogP contribution >= 0.6 is 11.8 Å². The minimum Gasteiger partial charge on any atom is -0.354 e. The highest BCUT2D eigenvalue weighted by molar-refractivity contribution is 6.16. The number of halogens is 1. The van der Waals surface area contributed by atoms with Crippen molar-refractivity contribution in [1.82, 2.24) is 14.6 Å². The SMILES string of the molecule is CCCc1c2c(nn1Cl)C(=O)NCN2C. The number of aromatic nitrogens is 2. The molecule has 1 aromatic rings. The van der Waals surface area contributed by atoms with Gasteiger partial charge in [-0.25, -0.2) is 0 Å². The Morgan fingerprint density at radius 2 is 2.33 bits per heavy atom. The molecule has 1 aliphatic rings. The van der Waals surface area contributed by atoms with Crippen molar-refractivity contribution in [2.24, 2.45) is 0 Å². The van der Waals surface area contributed by atoms with Crippen LogP contribution < -0.4 is 10.2 Å². The second-order valence-corrected chi connectivity index (χ2v) is 3.94. The van der Waals surface area contributed by atoms with Gasteiger partial charge in [0, 0.05) is 18.8 Å². The monoisotopic (exact) mass is 228 g/mol. The largest absolute Gasteiger partial charge is 0.354 e. The van der Waals surface area contributed by atoms with Crippen molar-refractivity contribution in [2.45, 2.75) is 19.8 Å². The van der Waals surface area contributed by atoms with E-state index < -0.39 is 0 Å². The molecular weight excluding hydrogens is 216 g/mol. The maximum absolute atomic E-state index is 11.5. The molecule has 0 radical (unpaired) electrons. The predicted molar refractivity (Wildman–Crippen MR) is 58.2 cm³/mol. The first kappa shape index (κ1) is 10.3. The molecule has 0 aromatic carbocycles. The van der Waals surface area contributed by atoms with Crippen LogP contribution in [0.3, 0.4) is 0 Å². The molecule has 1 N–H and O–H groups in total. The van der Waals surface area contributed by atoms with E-state index >= 15 is 0 Å². The lowest BCUT2D eigenvalue weighted by Gasteiger charge is -2.24. The lowest BCUT2D eigenvalue weighted by Crippen LogP contribution is -2.41. The van der Waals surface area contributed by atoms with Gasteiger partial charge in [0.15, 0.2) is 5.69 Å². The van der Waals surface area contributed by atoms with Crippen molar-refractivity contribution >= 4 is 23.4 Å². The molecule has 0 unspecified atom stereocenters. The summed E-state index contributed by atoms with van der Waals surface area (Å²) in [5, 5.41) is 6.75. The number of carbonyl (C=O) groups is 1. The summed E-state index contributed by atoms with van der Waals surface area (Å²) in [5.74, 6) is -0.153. The molecule has 0 fully saturated rings. The van der Waals surface area contributed by atoms with Gasteiger partial charge in [-0.15, -0.1) is 5.10 Å². The fourth-order valence-corrected chi connectivity index (χ4v) is 2.01. The Hall–Kier alpha value is -1.23. The highest BCUT2D eigenvalue weighted by Gasteiger charge is 2.28. The number of amides is 1. The van der Waals surface area contributed by atoms with E-state index in [1.807, 2.05) is 11.9 Å². The first-order valence-corrected chi connectivity index (χ1v) is 5.26. The van der Waals surface area contributed by atoms with Gasteiger partial charge in [0.05, 0.1) is 18.1 Å². The molecule has 1 amide bonds. The lowest BCUT2D eigenvalue weighted by atomic mass is 10.1. The third kappa shape index (κ3) is 1.56. The average Bonchev–Trinajstić information content (AvgIpc) is 2.53. The Bertz CT molecular complexity index is 401. The molecule has 82 valence electrons. The molecule has 0 aliphatic carbocycles. The summed E-state index contributed by atoms with van der Waals surface area (Å²) < 4.78 is 1.29. The second-order valence-electron chi connectivity index (χ2n) is 3.62. The molecule has 0 saturated heterocycles. The Kier molecular flexibility index (Phi) is 2.56. The van der Waals surface area contributed by atoms with E-state index in [0.29, 0.717) is 12.4 Å². The van der Waals surface area contributed by atoms with Crippen LogP contribution in [0.1, 0.15) is 29.5 Å². The number of anilines is 1. The molecule has 5 nitrogen and oxygen atoms in total. The van der Waals surface area contributed by atoms with Gasteiger partial charge in [0.1, 0.15) is 0 Å². The normalized spacial score (nSPS) is 15.1. The average molecular weight is 229 g/mol. The van der Waals surface area contributed by atoms with Crippen LogP contribution in [0.4, 0.5) is 5.69 Å². The molecule has 6 heteroatoms. The van der Waals surface area contributed by atoms with Crippen LogP contribution in [0.25, 0.3) is 0 Å². The van der Waals surface area contributed by atoms with Crippen LogP contribution in [0, 0.1) is 0 Å². The van der Waals surface area contributed by atoms with Gasteiger partial charge in [-0.05, 0) is 6.42 Å². The standard InChI is InChI=1S/C9H13ClN4O/c1-3-4-6-8-7(12-14(6)10)9(15)11-5-13(8)2/h3-5H2,1-2H3,(H,11,15). The number of nitrogens with zero attached hydrogens (tertiary/aromatic N) is 3. The smallest absolute Gasteiger partial charge is 0.275 e. The fraction of sp³-hybridized carbons (Fsp3) is 0.556. The van der Waals surface area contributed by atoms with Crippen LogP contribution in [0.5, 0.6) is 0 Å². The van der Waals surface area contributed by atoms with Gasteiger partial charge >= 0.3 is 0 Å². The molecule has 0 saturated carbocycles. The van der Waals surface area contributed by atoms with Crippen molar-refractivity contribution in [2.75, 3.05) is 18.6 Å². The van der Waals surface area contributed by atoms with Crippen molar-refractivity contribution in [1.29, 1.82) is 0 Å². The van der Waals surface area contributed by atoms with Crippen LogP contribution in [-0.2, 0) is 6.42 Å². The Morgan fingerprint density at radius 1 is 1.60 bits per heavy atom. The number of hydrogen-bond donors (Lipinski definition) is 1. The van der Waals surface area contributed by atoms with Crippen molar-refractivity contribution in [3.05, 3.63) is 11.4 Å². The summed E-state index contributed by atoms with van der Waals surface area (Å²) in [4.78, 5) is 13.5. The highest BCUT2D eigenvalue weighted by atomic mass is 35.5. The van der Waals surface area contributed by atoms with E-state index in [1.165, 1.54) is 4.20 Å². The molecule has 2 heterocycles. The summed E-state index contributed by atoms with van der Waals surface area (Å²) in [6, 6.07) is 0. The lowest BCUT2D eigenvalue weighted by molar-refractivity contribution is 0.0943. The van der Waals surface area contributed by atoms with Gasteiger partial charge in [0.2, 0.25) is 0 Å². The van der Waals surface area contributed by atoms with Crippen molar-refractivity contribution < 1.29 is 4.79 Å². The zero-order valence-corrected chi connectivity index (χ0v) is 9.51. The zero-order valence-electron chi connectivity index (χ0n) is 8.75. The Morgan fingerprint density at radius 3 is 3.00 bits per heavy atom. The van der Waals surface area contributed by atoms with E-state index in [0.717, 1.165) is 24.2 Å². The molecule has 0 spiro atoms. The van der Waals surface area contributed by atoms with E-state index in [2.05, 4.69) is 17.3 Å². The maximum Gasteiger partial charge on any atom is 0.275 e. The number of fused-ring (bicyclic) bond motifs is 1. The van der Waals surface area contributed by atoms with E-state index in [4.69, 9.17) is 11.8 Å². The third-order valence-corrected chi connectivity index (χ3v) is 2.75. The van der Waals surface area contributed by atoms with E-state index in [-0.39, 0.29) is 5.91 Å². The van der Waals surface area contributed by atoms with E-state index in [9.17, 15) is 4.79 Å². The number of hydrogen-bond acceptors (Lipinski definition) is 3. The number of rotatable bonds is 2. The van der Waals surface area contributed by atoms with Crippen molar-refractivity contribution in [3.8, 4) is 0 Å².